The Morgan fingerprint density at radius 3 is 2.82 bits per heavy atom. The van der Waals surface area contributed by atoms with Crippen molar-refractivity contribution in [3.8, 4) is 17.1 Å². The molecule has 10 heteroatoms. The molecule has 0 radical (unpaired) electrons. The summed E-state index contributed by atoms with van der Waals surface area (Å²) in [5.41, 5.74) is 2.81. The molecule has 0 saturated heterocycles. The lowest BCUT2D eigenvalue weighted by Crippen LogP contribution is -1.99. The first kappa shape index (κ1) is 21.0. The first-order valence-electron chi connectivity index (χ1n) is 9.84. The number of carbonyl (C=O) groups excluding carboxylic acids is 1. The van der Waals surface area contributed by atoms with E-state index in [1.165, 1.54) is 24.5 Å². The molecule has 0 bridgehead atoms. The second-order valence-electron chi connectivity index (χ2n) is 7.24. The first-order valence-corrected chi connectivity index (χ1v) is 10.7. The highest BCUT2D eigenvalue weighted by atomic mass is 32.1. The summed E-state index contributed by atoms with van der Waals surface area (Å²) < 4.78 is 38.8. The Morgan fingerprint density at radius 2 is 2.03 bits per heavy atom. The van der Waals surface area contributed by atoms with Crippen molar-refractivity contribution in [3.63, 3.8) is 0 Å². The average molecular weight is 466 g/mol. The predicted octanol–water partition coefficient (Wildman–Crippen LogP) is 4.96. The number of fused-ring (bicyclic) bond motifs is 3. The van der Waals surface area contributed by atoms with Gasteiger partial charge in [-0.1, -0.05) is 18.2 Å². The highest BCUT2D eigenvalue weighted by molar-refractivity contribution is 7.20. The van der Waals surface area contributed by atoms with E-state index in [-0.39, 0.29) is 12.4 Å². The third-order valence-electron chi connectivity index (χ3n) is 5.11. The van der Waals surface area contributed by atoms with Gasteiger partial charge in [-0.15, -0.1) is 16.4 Å². The molecule has 0 aliphatic rings. The maximum absolute atomic E-state index is 13.8. The number of benzene rings is 2. The fourth-order valence-corrected chi connectivity index (χ4v) is 4.56. The second-order valence-corrected chi connectivity index (χ2v) is 8.24. The number of nitrogens with zero attached hydrogens (tertiary/aromatic N) is 4. The van der Waals surface area contributed by atoms with Crippen molar-refractivity contribution in [2.45, 2.75) is 13.5 Å². The van der Waals surface area contributed by atoms with E-state index in [0.29, 0.717) is 21.2 Å². The summed E-state index contributed by atoms with van der Waals surface area (Å²) in [4.78, 5) is 22.3. The average Bonchev–Trinajstić information content (AvgIpc) is 3.39. The number of aromatic nitrogens is 4. The zero-order valence-corrected chi connectivity index (χ0v) is 18.3. The summed E-state index contributed by atoms with van der Waals surface area (Å²) in [6, 6.07) is 10.5. The smallest absolute Gasteiger partial charge is 0.348 e. The lowest BCUT2D eigenvalue weighted by Gasteiger charge is -2.08. The van der Waals surface area contributed by atoms with Gasteiger partial charge in [-0.3, -0.25) is 0 Å². The SMILES string of the molecule is COC(=O)c1sc2ncn3nc(-c4cccc(COc5ccc(F)cc5F)c4)nc3c2c1C. The van der Waals surface area contributed by atoms with Crippen LogP contribution in [0.3, 0.4) is 0 Å². The van der Waals surface area contributed by atoms with E-state index in [2.05, 4.69) is 15.1 Å². The third-order valence-corrected chi connectivity index (χ3v) is 6.29. The normalized spacial score (nSPS) is 11.3. The number of ether oxygens (including phenoxy) is 2. The summed E-state index contributed by atoms with van der Waals surface area (Å²) in [6.45, 7) is 1.91. The van der Waals surface area contributed by atoms with Gasteiger partial charge >= 0.3 is 5.97 Å². The molecule has 0 aliphatic carbocycles. The molecule has 5 aromatic rings. The van der Waals surface area contributed by atoms with Gasteiger partial charge in [-0.2, -0.15) is 0 Å². The quantitative estimate of drug-likeness (QED) is 0.341. The van der Waals surface area contributed by atoms with Crippen LogP contribution in [0.4, 0.5) is 8.78 Å². The number of methoxy groups -OCH3 is 1. The van der Waals surface area contributed by atoms with E-state index < -0.39 is 17.6 Å². The Morgan fingerprint density at radius 1 is 1.18 bits per heavy atom. The highest BCUT2D eigenvalue weighted by Gasteiger charge is 2.21. The van der Waals surface area contributed by atoms with Crippen molar-refractivity contribution in [1.29, 1.82) is 0 Å². The van der Waals surface area contributed by atoms with Gasteiger partial charge in [0.05, 0.1) is 12.5 Å². The fourth-order valence-electron chi connectivity index (χ4n) is 3.50. The van der Waals surface area contributed by atoms with Crippen LogP contribution in [0.1, 0.15) is 20.8 Å². The molecular formula is C23H16F2N4O3S. The van der Waals surface area contributed by atoms with Crippen LogP contribution < -0.4 is 4.74 Å². The van der Waals surface area contributed by atoms with E-state index in [1.54, 1.807) is 10.8 Å². The molecular weight excluding hydrogens is 450 g/mol. The van der Waals surface area contributed by atoms with Crippen molar-refractivity contribution in [2.75, 3.05) is 7.11 Å². The fraction of sp³-hybridized carbons (Fsp3) is 0.130. The van der Waals surface area contributed by atoms with E-state index in [4.69, 9.17) is 9.47 Å². The Balaban J connectivity index is 1.48. The van der Waals surface area contributed by atoms with Crippen molar-refractivity contribution in [1.82, 2.24) is 19.6 Å². The number of esters is 1. The summed E-state index contributed by atoms with van der Waals surface area (Å²) in [7, 11) is 1.34. The molecule has 0 atom stereocenters. The van der Waals surface area contributed by atoms with Gasteiger partial charge in [0.2, 0.25) is 0 Å². The van der Waals surface area contributed by atoms with Crippen LogP contribution in [0.25, 0.3) is 27.3 Å². The molecule has 5 rings (SSSR count). The largest absolute Gasteiger partial charge is 0.486 e. The van der Waals surface area contributed by atoms with Crippen molar-refractivity contribution in [3.05, 3.63) is 76.4 Å². The number of hydrogen-bond donors (Lipinski definition) is 0. The molecule has 3 aromatic heterocycles. The number of halogens is 2. The van der Waals surface area contributed by atoms with Crippen LogP contribution in [0, 0.1) is 18.6 Å². The lowest BCUT2D eigenvalue weighted by molar-refractivity contribution is 0.0605. The summed E-state index contributed by atoms with van der Waals surface area (Å²) in [6.07, 6.45) is 1.55. The van der Waals surface area contributed by atoms with Crippen LogP contribution >= 0.6 is 11.3 Å². The van der Waals surface area contributed by atoms with Crippen molar-refractivity contribution in [2.24, 2.45) is 0 Å². The zero-order valence-electron chi connectivity index (χ0n) is 17.5. The maximum Gasteiger partial charge on any atom is 0.348 e. The molecule has 7 nitrogen and oxygen atoms in total. The van der Waals surface area contributed by atoms with Crippen LogP contribution in [0.2, 0.25) is 0 Å². The molecule has 0 N–H and O–H groups in total. The number of aryl methyl sites for hydroxylation is 1. The molecule has 0 saturated carbocycles. The van der Waals surface area contributed by atoms with E-state index in [9.17, 15) is 13.6 Å². The van der Waals surface area contributed by atoms with Crippen LogP contribution in [-0.2, 0) is 11.3 Å². The number of carbonyl (C=O) groups is 1. The molecule has 0 unspecified atom stereocenters. The topological polar surface area (TPSA) is 78.6 Å². The first-order chi connectivity index (χ1) is 15.9. The maximum atomic E-state index is 13.8. The lowest BCUT2D eigenvalue weighted by atomic mass is 10.1. The number of hydrogen-bond acceptors (Lipinski definition) is 7. The van der Waals surface area contributed by atoms with Gasteiger partial charge < -0.3 is 9.47 Å². The highest BCUT2D eigenvalue weighted by Crippen LogP contribution is 2.33. The Labute approximate surface area is 190 Å². The standard InChI is InChI=1S/C23H16F2N4O3S/c1-12-18-21-27-20(28-29(21)11-26-22(18)33-19(12)23(30)31-2)14-5-3-4-13(8-14)10-32-17-7-6-15(24)9-16(17)25/h3-9,11H,10H2,1-2H3. The molecule has 0 aliphatic heterocycles. The molecule has 2 aromatic carbocycles. The van der Waals surface area contributed by atoms with Crippen LogP contribution in [0.15, 0.2) is 48.8 Å². The van der Waals surface area contributed by atoms with Gasteiger partial charge in [-0.05, 0) is 36.2 Å². The van der Waals surface area contributed by atoms with E-state index in [1.807, 2.05) is 31.2 Å². The summed E-state index contributed by atoms with van der Waals surface area (Å²) in [5, 5.41) is 5.26. The van der Waals surface area contributed by atoms with Gasteiger partial charge in [0.15, 0.2) is 23.0 Å². The minimum Gasteiger partial charge on any atom is -0.486 e. The van der Waals surface area contributed by atoms with Gasteiger partial charge in [-0.25, -0.2) is 28.1 Å². The minimum atomic E-state index is -0.762. The Kier molecular flexibility index (Phi) is 5.21. The second kappa shape index (κ2) is 8.21. The van der Waals surface area contributed by atoms with E-state index >= 15 is 0 Å². The number of thiophene rings is 1. The molecule has 0 fully saturated rings. The molecule has 0 amide bonds. The Hall–Kier alpha value is -3.92. The monoisotopic (exact) mass is 466 g/mol. The summed E-state index contributed by atoms with van der Waals surface area (Å²) >= 11 is 1.25. The van der Waals surface area contributed by atoms with Crippen LogP contribution in [-0.4, -0.2) is 32.7 Å². The third kappa shape index (κ3) is 3.78. The van der Waals surface area contributed by atoms with Crippen molar-refractivity contribution >= 4 is 33.2 Å². The van der Waals surface area contributed by atoms with E-state index in [0.717, 1.165) is 34.2 Å². The number of rotatable bonds is 5. The van der Waals surface area contributed by atoms with Crippen LogP contribution in [0.5, 0.6) is 5.75 Å². The zero-order chi connectivity index (χ0) is 23.1. The molecule has 0 spiro atoms. The summed E-state index contributed by atoms with van der Waals surface area (Å²) in [5.74, 6) is -1.41. The van der Waals surface area contributed by atoms with Gasteiger partial charge in [0.25, 0.3) is 0 Å². The molecule has 3 heterocycles. The van der Waals surface area contributed by atoms with Crippen molar-refractivity contribution < 1.29 is 23.0 Å². The molecule has 33 heavy (non-hydrogen) atoms. The predicted molar refractivity (Wildman–Crippen MR) is 118 cm³/mol. The van der Waals surface area contributed by atoms with Gasteiger partial charge in [0, 0.05) is 11.6 Å². The Bertz CT molecular complexity index is 1530. The minimum absolute atomic E-state index is 0.0320. The van der Waals surface area contributed by atoms with Gasteiger partial charge in [0.1, 0.15) is 28.5 Å². The molecule has 166 valence electrons.